The Morgan fingerprint density at radius 2 is 0.845 bits per heavy atom. The van der Waals surface area contributed by atoms with Crippen molar-refractivity contribution < 1.29 is 4.42 Å². The summed E-state index contributed by atoms with van der Waals surface area (Å²) in [5.41, 5.74) is 12.2. The molecule has 58 heavy (non-hydrogen) atoms. The van der Waals surface area contributed by atoms with E-state index in [4.69, 9.17) is 4.42 Å². The first-order chi connectivity index (χ1) is 28.7. The summed E-state index contributed by atoms with van der Waals surface area (Å²) in [4.78, 5) is 2.36. The Hall–Kier alpha value is -7.68. The number of rotatable bonds is 7. The fourth-order valence-electron chi connectivity index (χ4n) is 8.64. The van der Waals surface area contributed by atoms with Gasteiger partial charge >= 0.3 is 0 Å². The van der Waals surface area contributed by atoms with Crippen molar-refractivity contribution in [3.8, 4) is 44.7 Å². The fourth-order valence-corrected chi connectivity index (χ4v) is 8.64. The molecule has 0 bridgehead atoms. The summed E-state index contributed by atoms with van der Waals surface area (Å²) < 4.78 is 6.58. The topological polar surface area (TPSA) is 16.4 Å². The lowest BCUT2D eigenvalue weighted by Gasteiger charge is -2.26. The van der Waals surface area contributed by atoms with E-state index in [1.54, 1.807) is 0 Å². The molecular formula is C56H37NO. The second kappa shape index (κ2) is 14.1. The Morgan fingerprint density at radius 1 is 0.293 bits per heavy atom. The van der Waals surface area contributed by atoms with Gasteiger partial charge in [-0.1, -0.05) is 176 Å². The highest BCUT2D eigenvalue weighted by molar-refractivity contribution is 6.09. The van der Waals surface area contributed by atoms with E-state index >= 15 is 0 Å². The van der Waals surface area contributed by atoms with Crippen molar-refractivity contribution >= 4 is 60.3 Å². The maximum Gasteiger partial charge on any atom is 0.143 e. The molecule has 0 saturated carbocycles. The summed E-state index contributed by atoms with van der Waals surface area (Å²) in [6, 6.07) is 80.6. The van der Waals surface area contributed by atoms with Crippen LogP contribution in [0.2, 0.25) is 0 Å². The molecule has 0 aliphatic heterocycles. The number of furan rings is 1. The first-order valence-corrected chi connectivity index (χ1v) is 19.8. The first-order valence-electron chi connectivity index (χ1n) is 19.8. The van der Waals surface area contributed by atoms with Gasteiger partial charge in [0.25, 0.3) is 0 Å². The standard InChI is InChI=1S/C56H37NO/c1-2-14-42(15-3-1)55-53-21-8-9-23-54(53)58-56(55)45-18-10-17-43(36-45)38-26-30-46(31-27-38)57(48-34-35-52-44(37-48)25-24-40-13-5-7-20-50(40)52)47-32-28-41(29-33-47)51-22-11-16-39-12-4-6-19-49(39)51/h1-37H. The molecule has 10 aromatic carbocycles. The Balaban J connectivity index is 0.995. The summed E-state index contributed by atoms with van der Waals surface area (Å²) in [5.74, 6) is 0.882. The zero-order valence-corrected chi connectivity index (χ0v) is 31.7. The van der Waals surface area contributed by atoms with Crippen molar-refractivity contribution in [3.63, 3.8) is 0 Å². The number of fused-ring (bicyclic) bond motifs is 5. The normalized spacial score (nSPS) is 11.4. The van der Waals surface area contributed by atoms with Crippen molar-refractivity contribution in [2.24, 2.45) is 0 Å². The van der Waals surface area contributed by atoms with Gasteiger partial charge in [0.05, 0.1) is 0 Å². The van der Waals surface area contributed by atoms with Gasteiger partial charge in [0.2, 0.25) is 0 Å². The minimum atomic E-state index is 0.882. The van der Waals surface area contributed by atoms with Gasteiger partial charge < -0.3 is 9.32 Å². The SMILES string of the molecule is c1ccc(-c2c(-c3cccc(-c4ccc(N(c5ccc(-c6cccc7ccccc67)cc5)c5ccc6c(ccc7ccccc76)c5)cc4)c3)oc3ccccc23)cc1. The number of nitrogens with zero attached hydrogens (tertiary/aromatic N) is 1. The van der Waals surface area contributed by atoms with E-state index in [1.807, 2.05) is 6.07 Å². The largest absolute Gasteiger partial charge is 0.455 e. The number of hydrogen-bond acceptors (Lipinski definition) is 2. The second-order valence-corrected chi connectivity index (χ2v) is 14.9. The van der Waals surface area contributed by atoms with Crippen LogP contribution in [0.5, 0.6) is 0 Å². The van der Waals surface area contributed by atoms with Crippen molar-refractivity contribution in [2.75, 3.05) is 4.90 Å². The molecule has 0 radical (unpaired) electrons. The van der Waals surface area contributed by atoms with Gasteiger partial charge in [-0.2, -0.15) is 0 Å². The molecule has 0 spiro atoms. The van der Waals surface area contributed by atoms with Crippen LogP contribution < -0.4 is 4.90 Å². The van der Waals surface area contributed by atoms with Crippen molar-refractivity contribution in [2.45, 2.75) is 0 Å². The first kappa shape index (κ1) is 33.6. The van der Waals surface area contributed by atoms with Crippen molar-refractivity contribution in [1.82, 2.24) is 0 Å². The maximum atomic E-state index is 6.58. The van der Waals surface area contributed by atoms with Gasteiger partial charge in [-0.05, 0) is 109 Å². The zero-order chi connectivity index (χ0) is 38.4. The van der Waals surface area contributed by atoms with Gasteiger partial charge in [-0.3, -0.25) is 0 Å². The Kier molecular flexibility index (Phi) is 8.19. The van der Waals surface area contributed by atoms with Gasteiger partial charge in [0.15, 0.2) is 0 Å². The van der Waals surface area contributed by atoms with Crippen LogP contribution in [-0.4, -0.2) is 0 Å². The molecule has 0 fully saturated rings. The van der Waals surface area contributed by atoms with Crippen LogP contribution in [0.15, 0.2) is 229 Å². The summed E-state index contributed by atoms with van der Waals surface area (Å²) in [5, 5.41) is 8.60. The molecule has 0 atom stereocenters. The predicted octanol–water partition coefficient (Wildman–Crippen LogP) is 16.0. The summed E-state index contributed by atoms with van der Waals surface area (Å²) in [6.07, 6.45) is 0. The highest BCUT2D eigenvalue weighted by Gasteiger charge is 2.19. The molecule has 0 aliphatic rings. The zero-order valence-electron chi connectivity index (χ0n) is 31.7. The van der Waals surface area contributed by atoms with Crippen LogP contribution in [0.4, 0.5) is 17.1 Å². The van der Waals surface area contributed by atoms with Crippen LogP contribution in [0.25, 0.3) is 88.0 Å². The van der Waals surface area contributed by atoms with Crippen LogP contribution >= 0.6 is 0 Å². The van der Waals surface area contributed by atoms with Gasteiger partial charge in [0.1, 0.15) is 11.3 Å². The Labute approximate surface area is 337 Å². The third kappa shape index (κ3) is 5.91. The van der Waals surface area contributed by atoms with Crippen LogP contribution in [0.3, 0.4) is 0 Å². The van der Waals surface area contributed by atoms with E-state index in [0.717, 1.165) is 61.6 Å². The molecule has 1 aromatic heterocycles. The molecule has 11 rings (SSSR count). The Bertz CT molecular complexity index is 3260. The Morgan fingerprint density at radius 3 is 1.64 bits per heavy atom. The molecule has 11 aromatic rings. The third-order valence-corrected chi connectivity index (χ3v) is 11.5. The average molecular weight is 740 g/mol. The number of para-hydroxylation sites is 1. The maximum absolute atomic E-state index is 6.58. The number of hydrogen-bond donors (Lipinski definition) is 0. The monoisotopic (exact) mass is 739 g/mol. The van der Waals surface area contributed by atoms with E-state index in [1.165, 1.54) is 43.4 Å². The van der Waals surface area contributed by atoms with Gasteiger partial charge in [-0.15, -0.1) is 0 Å². The lowest BCUT2D eigenvalue weighted by Crippen LogP contribution is -2.09. The molecule has 0 unspecified atom stereocenters. The van der Waals surface area contributed by atoms with Crippen molar-refractivity contribution in [3.05, 3.63) is 224 Å². The van der Waals surface area contributed by atoms with Crippen LogP contribution in [0.1, 0.15) is 0 Å². The van der Waals surface area contributed by atoms with E-state index in [9.17, 15) is 0 Å². The molecule has 272 valence electrons. The molecule has 0 saturated heterocycles. The molecule has 2 nitrogen and oxygen atoms in total. The highest BCUT2D eigenvalue weighted by Crippen LogP contribution is 2.43. The molecule has 0 aliphatic carbocycles. The molecule has 0 amide bonds. The summed E-state index contributed by atoms with van der Waals surface area (Å²) >= 11 is 0. The van der Waals surface area contributed by atoms with E-state index in [0.29, 0.717) is 0 Å². The number of anilines is 3. The van der Waals surface area contributed by atoms with E-state index in [2.05, 4.69) is 223 Å². The minimum Gasteiger partial charge on any atom is -0.455 e. The molecular weight excluding hydrogens is 703 g/mol. The molecule has 2 heteroatoms. The van der Waals surface area contributed by atoms with Gasteiger partial charge in [0, 0.05) is 33.6 Å². The van der Waals surface area contributed by atoms with E-state index < -0.39 is 0 Å². The summed E-state index contributed by atoms with van der Waals surface area (Å²) in [6.45, 7) is 0. The fraction of sp³-hybridized carbons (Fsp3) is 0. The van der Waals surface area contributed by atoms with Crippen LogP contribution in [-0.2, 0) is 0 Å². The van der Waals surface area contributed by atoms with Crippen LogP contribution in [0, 0.1) is 0 Å². The lowest BCUT2D eigenvalue weighted by molar-refractivity contribution is 0.632. The number of benzene rings is 10. The molecule has 0 N–H and O–H groups in total. The van der Waals surface area contributed by atoms with Crippen molar-refractivity contribution in [1.29, 1.82) is 0 Å². The highest BCUT2D eigenvalue weighted by atomic mass is 16.3. The quantitative estimate of drug-likeness (QED) is 0.151. The predicted molar refractivity (Wildman–Crippen MR) is 245 cm³/mol. The summed E-state index contributed by atoms with van der Waals surface area (Å²) in [7, 11) is 0. The minimum absolute atomic E-state index is 0.882. The average Bonchev–Trinajstić information content (AvgIpc) is 3.70. The lowest BCUT2D eigenvalue weighted by atomic mass is 9.96. The van der Waals surface area contributed by atoms with E-state index in [-0.39, 0.29) is 0 Å². The molecule has 1 heterocycles. The second-order valence-electron chi connectivity index (χ2n) is 14.9. The smallest absolute Gasteiger partial charge is 0.143 e. The third-order valence-electron chi connectivity index (χ3n) is 11.5. The van der Waals surface area contributed by atoms with Gasteiger partial charge in [-0.25, -0.2) is 0 Å².